The smallest absolute Gasteiger partial charge is 0.368 e. The first-order valence-corrected chi connectivity index (χ1v) is 14.8. The molecule has 0 radical (unpaired) electrons. The number of piperazine rings is 1. The topological polar surface area (TPSA) is 111 Å². The largest absolute Gasteiger partial charge is 0.501 e. The molecule has 14 heteroatoms. The predicted molar refractivity (Wildman–Crippen MR) is 151 cm³/mol. The summed E-state index contributed by atoms with van der Waals surface area (Å²) in [6.45, 7) is 5.13. The third kappa shape index (κ3) is 5.42. The summed E-state index contributed by atoms with van der Waals surface area (Å²) < 4.78 is 62.3. The van der Waals surface area contributed by atoms with Gasteiger partial charge in [-0.1, -0.05) is 18.2 Å². The summed E-state index contributed by atoms with van der Waals surface area (Å²) in [5.74, 6) is -0.923. The summed E-state index contributed by atoms with van der Waals surface area (Å²) in [6.07, 6.45) is 2.90. The second kappa shape index (κ2) is 11.0. The fourth-order valence-electron chi connectivity index (χ4n) is 5.14. The average molecular weight is 616 g/mol. The van der Waals surface area contributed by atoms with Gasteiger partial charge in [0.15, 0.2) is 0 Å². The van der Waals surface area contributed by atoms with E-state index >= 15 is 0 Å². The molecular formula is C29H28F3N5O5S. The zero-order valence-electron chi connectivity index (χ0n) is 23.3. The number of rotatable bonds is 6. The minimum Gasteiger partial charge on any atom is -0.368 e. The van der Waals surface area contributed by atoms with E-state index in [1.165, 1.54) is 31.1 Å². The summed E-state index contributed by atoms with van der Waals surface area (Å²) in [4.78, 5) is 49.5. The lowest BCUT2D eigenvalue weighted by atomic mass is 10.0. The lowest BCUT2D eigenvalue weighted by molar-refractivity contribution is -0.123. The fourth-order valence-corrected chi connectivity index (χ4v) is 5.90. The number of alkyl halides is 3. The van der Waals surface area contributed by atoms with Crippen molar-refractivity contribution in [1.29, 1.82) is 0 Å². The number of benzene rings is 2. The van der Waals surface area contributed by atoms with Crippen LogP contribution in [0, 0.1) is 0 Å². The standard InChI is InChI=1S/C29H28F3N5O5S/c1-28(2)26(39)37(22-8-10-23(11-9-22)43(41,42)29(30,31)32)27(40)36(28)19-20-12-13-33-18-24(20)25(38)35-16-14-34(15-17-35)21-6-4-3-5-7-21/h3-13,18H,14-17,19H2,1-2H3. The number of hydrogen-bond acceptors (Lipinski definition) is 7. The minimum absolute atomic E-state index is 0.0889. The van der Waals surface area contributed by atoms with Crippen LogP contribution in [-0.2, 0) is 21.2 Å². The van der Waals surface area contributed by atoms with E-state index in [-0.39, 0.29) is 23.7 Å². The number of anilines is 2. The van der Waals surface area contributed by atoms with Gasteiger partial charge >= 0.3 is 11.5 Å². The van der Waals surface area contributed by atoms with E-state index in [4.69, 9.17) is 0 Å². The van der Waals surface area contributed by atoms with Crippen LogP contribution in [0.3, 0.4) is 0 Å². The third-order valence-corrected chi connectivity index (χ3v) is 9.19. The third-order valence-electron chi connectivity index (χ3n) is 7.69. The van der Waals surface area contributed by atoms with Gasteiger partial charge in [-0.3, -0.25) is 14.6 Å². The summed E-state index contributed by atoms with van der Waals surface area (Å²) in [5.41, 5.74) is -5.16. The number of carbonyl (C=O) groups excluding carboxylic acids is 3. The van der Waals surface area contributed by atoms with Crippen LogP contribution in [0.4, 0.5) is 29.3 Å². The van der Waals surface area contributed by atoms with E-state index in [9.17, 15) is 36.0 Å². The normalized spacial score (nSPS) is 17.5. The van der Waals surface area contributed by atoms with Gasteiger partial charge in [0.05, 0.1) is 16.1 Å². The SMILES string of the molecule is CC1(C)C(=O)N(c2ccc(S(=O)(=O)C(F)(F)F)cc2)C(=O)N1Cc1ccncc1C(=O)N1CCN(c2ccccc2)CC1. The van der Waals surface area contributed by atoms with Crippen molar-refractivity contribution < 1.29 is 36.0 Å². The van der Waals surface area contributed by atoms with Gasteiger partial charge in [0.2, 0.25) is 0 Å². The Bertz CT molecular complexity index is 1660. The highest BCUT2D eigenvalue weighted by Crippen LogP contribution is 2.36. The van der Waals surface area contributed by atoms with Crippen molar-refractivity contribution >= 4 is 39.1 Å². The highest BCUT2D eigenvalue weighted by Gasteiger charge is 2.52. The number of halogens is 3. The van der Waals surface area contributed by atoms with E-state index in [2.05, 4.69) is 9.88 Å². The van der Waals surface area contributed by atoms with E-state index in [1.54, 1.807) is 11.0 Å². The van der Waals surface area contributed by atoms with Crippen molar-refractivity contribution in [3.63, 3.8) is 0 Å². The molecule has 2 fully saturated rings. The zero-order valence-corrected chi connectivity index (χ0v) is 24.1. The molecule has 43 heavy (non-hydrogen) atoms. The molecule has 0 saturated carbocycles. The van der Waals surface area contributed by atoms with Crippen LogP contribution in [0.5, 0.6) is 0 Å². The van der Waals surface area contributed by atoms with Gasteiger partial charge in [-0.05, 0) is 61.9 Å². The monoisotopic (exact) mass is 615 g/mol. The first-order chi connectivity index (χ1) is 20.2. The van der Waals surface area contributed by atoms with E-state index in [0.29, 0.717) is 43.9 Å². The molecule has 2 aliphatic rings. The van der Waals surface area contributed by atoms with Crippen LogP contribution in [-0.4, -0.2) is 78.3 Å². The maximum Gasteiger partial charge on any atom is 0.501 e. The van der Waals surface area contributed by atoms with Crippen molar-refractivity contribution in [2.45, 2.75) is 36.3 Å². The molecule has 2 aromatic carbocycles. The summed E-state index contributed by atoms with van der Waals surface area (Å²) >= 11 is 0. The van der Waals surface area contributed by atoms with Crippen LogP contribution in [0.15, 0.2) is 78.0 Å². The van der Waals surface area contributed by atoms with Crippen LogP contribution in [0.2, 0.25) is 0 Å². The maximum absolute atomic E-state index is 13.6. The van der Waals surface area contributed by atoms with Crippen molar-refractivity contribution in [3.8, 4) is 0 Å². The second-order valence-corrected chi connectivity index (χ2v) is 12.6. The lowest BCUT2D eigenvalue weighted by Crippen LogP contribution is -2.49. The molecule has 226 valence electrons. The summed E-state index contributed by atoms with van der Waals surface area (Å²) in [5, 5.41) is 0. The Kier molecular flexibility index (Phi) is 7.67. The average Bonchev–Trinajstić information content (AvgIpc) is 3.16. The number of carbonyl (C=O) groups is 3. The van der Waals surface area contributed by atoms with Crippen molar-refractivity contribution in [2.24, 2.45) is 0 Å². The first kappa shape index (κ1) is 30.0. The number of nitrogens with zero attached hydrogens (tertiary/aromatic N) is 5. The van der Waals surface area contributed by atoms with Crippen molar-refractivity contribution in [2.75, 3.05) is 36.0 Å². The molecule has 10 nitrogen and oxygen atoms in total. The molecule has 4 amide bonds. The number of para-hydroxylation sites is 1. The molecule has 3 heterocycles. The molecule has 5 rings (SSSR count). The molecular weight excluding hydrogens is 587 g/mol. The Morgan fingerprint density at radius 1 is 0.907 bits per heavy atom. The second-order valence-electron chi connectivity index (χ2n) is 10.7. The van der Waals surface area contributed by atoms with Crippen LogP contribution in [0.1, 0.15) is 29.8 Å². The molecule has 0 unspecified atom stereocenters. The number of sulfone groups is 1. The van der Waals surface area contributed by atoms with Gasteiger partial charge in [-0.25, -0.2) is 18.1 Å². The highest BCUT2D eigenvalue weighted by atomic mass is 32.2. The number of aromatic nitrogens is 1. The Hall–Kier alpha value is -4.46. The Morgan fingerprint density at radius 2 is 1.53 bits per heavy atom. The number of imide groups is 1. The predicted octanol–water partition coefficient (Wildman–Crippen LogP) is 4.08. The summed E-state index contributed by atoms with van der Waals surface area (Å²) in [7, 11) is -5.60. The molecule has 0 spiro atoms. The molecule has 0 bridgehead atoms. The van der Waals surface area contributed by atoms with Gasteiger partial charge in [0.25, 0.3) is 21.7 Å². The highest BCUT2D eigenvalue weighted by molar-refractivity contribution is 7.92. The van der Waals surface area contributed by atoms with Crippen LogP contribution < -0.4 is 9.80 Å². The van der Waals surface area contributed by atoms with Gasteiger partial charge in [-0.15, -0.1) is 0 Å². The first-order valence-electron chi connectivity index (χ1n) is 13.3. The summed E-state index contributed by atoms with van der Waals surface area (Å²) in [6, 6.07) is 14.0. The van der Waals surface area contributed by atoms with Gasteiger partial charge in [0.1, 0.15) is 5.54 Å². The molecule has 0 aliphatic carbocycles. The number of hydrogen-bond donors (Lipinski definition) is 0. The molecule has 1 aromatic heterocycles. The fraction of sp³-hybridized carbons (Fsp3) is 0.310. The molecule has 2 saturated heterocycles. The Morgan fingerprint density at radius 3 is 2.14 bits per heavy atom. The van der Waals surface area contributed by atoms with E-state index in [1.807, 2.05) is 30.3 Å². The lowest BCUT2D eigenvalue weighted by Gasteiger charge is -2.36. The minimum atomic E-state index is -5.60. The van der Waals surface area contributed by atoms with Gasteiger partial charge in [-0.2, -0.15) is 13.2 Å². The van der Waals surface area contributed by atoms with E-state index < -0.39 is 37.7 Å². The van der Waals surface area contributed by atoms with E-state index in [0.717, 1.165) is 22.7 Å². The van der Waals surface area contributed by atoms with Crippen molar-refractivity contribution in [1.82, 2.24) is 14.8 Å². The number of pyridine rings is 1. The van der Waals surface area contributed by atoms with Crippen molar-refractivity contribution in [3.05, 3.63) is 84.2 Å². The van der Waals surface area contributed by atoms with Gasteiger partial charge in [0, 0.05) is 50.8 Å². The Labute approximate surface area is 246 Å². The molecule has 3 aromatic rings. The zero-order chi connectivity index (χ0) is 31.2. The maximum atomic E-state index is 13.6. The van der Waals surface area contributed by atoms with Crippen LogP contribution >= 0.6 is 0 Å². The number of amides is 4. The molecule has 0 atom stereocenters. The molecule has 2 aliphatic heterocycles. The number of urea groups is 1. The van der Waals surface area contributed by atoms with Crippen LogP contribution in [0.25, 0.3) is 0 Å². The molecule has 0 N–H and O–H groups in total. The Balaban J connectivity index is 1.35. The quantitative estimate of drug-likeness (QED) is 0.384. The van der Waals surface area contributed by atoms with Gasteiger partial charge < -0.3 is 14.7 Å².